The zero-order valence-electron chi connectivity index (χ0n) is 13.0. The van der Waals surface area contributed by atoms with Crippen molar-refractivity contribution in [3.8, 4) is 0 Å². The first kappa shape index (κ1) is 19.9. The van der Waals surface area contributed by atoms with Crippen LogP contribution < -0.4 is 0 Å². The van der Waals surface area contributed by atoms with Gasteiger partial charge in [0.1, 0.15) is 6.61 Å². The van der Waals surface area contributed by atoms with Gasteiger partial charge in [-0.3, -0.25) is 14.3 Å². The smallest absolute Gasteiger partial charge is 0.445 e. The first-order chi connectivity index (χ1) is 12.0. The molecule has 0 N–H and O–H groups in total. The highest BCUT2D eigenvalue weighted by atomic mass is 32.2. The lowest BCUT2D eigenvalue weighted by Crippen LogP contribution is -2.34. The largest absolute Gasteiger partial charge is 0.523 e. The van der Waals surface area contributed by atoms with Gasteiger partial charge in [0.05, 0.1) is 17.6 Å². The van der Waals surface area contributed by atoms with Gasteiger partial charge in [0.15, 0.2) is 0 Å². The molecule has 0 radical (unpaired) electrons. The molecule has 0 bridgehead atoms. The lowest BCUT2D eigenvalue weighted by Gasteiger charge is -2.17. The SMILES string of the molecule is O=C(OCc1ccc([N+](=O)[O-])cc1)N1CCC(OS(=O)(=O)C(F)(F)F)C1. The highest BCUT2D eigenvalue weighted by molar-refractivity contribution is 7.87. The molecule has 1 aromatic rings. The molecular formula is C13H13F3N2O7S. The predicted octanol–water partition coefficient (Wildman–Crippen LogP) is 2.17. The van der Waals surface area contributed by atoms with E-state index in [0.717, 1.165) is 4.90 Å². The third-order valence-corrected chi connectivity index (χ3v) is 4.55. The van der Waals surface area contributed by atoms with E-state index < -0.39 is 32.7 Å². The average Bonchev–Trinajstić information content (AvgIpc) is 2.99. The molecule has 2 rings (SSSR count). The van der Waals surface area contributed by atoms with Gasteiger partial charge in [0.25, 0.3) is 5.69 Å². The van der Waals surface area contributed by atoms with E-state index in [-0.39, 0.29) is 31.8 Å². The number of carbonyl (C=O) groups excluding carboxylic acids is 1. The molecule has 1 aliphatic rings. The first-order valence-electron chi connectivity index (χ1n) is 7.14. The normalized spacial score (nSPS) is 18.0. The number of hydrogen-bond acceptors (Lipinski definition) is 7. The van der Waals surface area contributed by atoms with Crippen molar-refractivity contribution in [1.82, 2.24) is 4.90 Å². The van der Waals surface area contributed by atoms with Crippen LogP contribution in [0.4, 0.5) is 23.7 Å². The highest BCUT2D eigenvalue weighted by Gasteiger charge is 2.49. The van der Waals surface area contributed by atoms with Crippen LogP contribution in [-0.2, 0) is 25.6 Å². The maximum atomic E-state index is 12.3. The molecule has 1 unspecified atom stereocenters. The lowest BCUT2D eigenvalue weighted by atomic mass is 10.2. The van der Waals surface area contributed by atoms with Crippen molar-refractivity contribution in [1.29, 1.82) is 0 Å². The number of rotatable bonds is 5. The molecule has 1 saturated heterocycles. The number of amides is 1. The Morgan fingerprint density at radius 1 is 1.31 bits per heavy atom. The molecule has 1 amide bonds. The first-order valence-corrected chi connectivity index (χ1v) is 8.55. The van der Waals surface area contributed by atoms with Gasteiger partial charge < -0.3 is 9.64 Å². The number of benzene rings is 1. The van der Waals surface area contributed by atoms with E-state index in [2.05, 4.69) is 4.18 Å². The van der Waals surface area contributed by atoms with Crippen LogP contribution in [0.25, 0.3) is 0 Å². The summed E-state index contributed by atoms with van der Waals surface area (Å²) in [7, 11) is -5.73. The summed E-state index contributed by atoms with van der Waals surface area (Å²) in [6.07, 6.45) is -2.27. The van der Waals surface area contributed by atoms with Crippen molar-refractivity contribution in [2.75, 3.05) is 13.1 Å². The maximum absolute atomic E-state index is 12.3. The van der Waals surface area contributed by atoms with E-state index in [9.17, 15) is 36.5 Å². The number of hydrogen-bond donors (Lipinski definition) is 0. The van der Waals surface area contributed by atoms with Crippen molar-refractivity contribution < 1.29 is 40.2 Å². The second-order valence-electron chi connectivity index (χ2n) is 5.33. The minimum Gasteiger partial charge on any atom is -0.445 e. The fourth-order valence-corrected chi connectivity index (χ4v) is 2.78. The van der Waals surface area contributed by atoms with Crippen molar-refractivity contribution in [2.45, 2.75) is 24.6 Å². The van der Waals surface area contributed by atoms with Crippen LogP contribution in [0.3, 0.4) is 0 Å². The quantitative estimate of drug-likeness (QED) is 0.323. The Morgan fingerprint density at radius 2 is 1.92 bits per heavy atom. The van der Waals surface area contributed by atoms with Crippen LogP contribution in [0, 0.1) is 10.1 Å². The van der Waals surface area contributed by atoms with E-state index in [1.807, 2.05) is 0 Å². The fraction of sp³-hybridized carbons (Fsp3) is 0.462. The van der Waals surface area contributed by atoms with Gasteiger partial charge in [-0.1, -0.05) is 0 Å². The van der Waals surface area contributed by atoms with Crippen molar-refractivity contribution >= 4 is 21.9 Å². The van der Waals surface area contributed by atoms with Gasteiger partial charge >= 0.3 is 21.7 Å². The lowest BCUT2D eigenvalue weighted by molar-refractivity contribution is -0.384. The van der Waals surface area contributed by atoms with Crippen LogP contribution in [0.1, 0.15) is 12.0 Å². The Bertz CT molecular complexity index is 780. The molecule has 26 heavy (non-hydrogen) atoms. The van der Waals surface area contributed by atoms with E-state index >= 15 is 0 Å². The number of likely N-dealkylation sites (tertiary alicyclic amines) is 1. The minimum absolute atomic E-state index is 0.0306. The van der Waals surface area contributed by atoms with Gasteiger partial charge in [-0.25, -0.2) is 4.79 Å². The molecular weight excluding hydrogens is 385 g/mol. The van der Waals surface area contributed by atoms with Crippen LogP contribution in [0.15, 0.2) is 24.3 Å². The molecule has 13 heteroatoms. The van der Waals surface area contributed by atoms with Gasteiger partial charge in [0, 0.05) is 18.7 Å². The number of nitro groups is 1. The molecule has 0 saturated carbocycles. The average molecular weight is 398 g/mol. The van der Waals surface area contributed by atoms with Crippen molar-refractivity contribution in [3.63, 3.8) is 0 Å². The summed E-state index contributed by atoms with van der Waals surface area (Å²) in [6, 6.07) is 5.23. The van der Waals surface area contributed by atoms with Crippen molar-refractivity contribution in [2.24, 2.45) is 0 Å². The summed E-state index contributed by atoms with van der Waals surface area (Å²) >= 11 is 0. The Balaban J connectivity index is 1.85. The zero-order chi connectivity index (χ0) is 19.5. The molecule has 0 spiro atoms. The summed E-state index contributed by atoms with van der Waals surface area (Å²) in [6.45, 7) is -0.606. The molecule has 1 heterocycles. The Hall–Kier alpha value is -2.41. The van der Waals surface area contributed by atoms with Gasteiger partial charge in [-0.2, -0.15) is 21.6 Å². The monoisotopic (exact) mass is 398 g/mol. The molecule has 9 nitrogen and oxygen atoms in total. The van der Waals surface area contributed by atoms with Crippen LogP contribution in [-0.4, -0.2) is 49.0 Å². The Morgan fingerprint density at radius 3 is 2.46 bits per heavy atom. The van der Waals surface area contributed by atoms with Crippen LogP contribution in [0.2, 0.25) is 0 Å². The third-order valence-electron chi connectivity index (χ3n) is 3.46. The number of nitrogens with zero attached hydrogens (tertiary/aromatic N) is 2. The summed E-state index contributed by atoms with van der Waals surface area (Å²) in [5.74, 6) is 0. The fourth-order valence-electron chi connectivity index (χ4n) is 2.16. The second-order valence-corrected chi connectivity index (χ2v) is 6.89. The van der Waals surface area contributed by atoms with E-state index in [0.29, 0.717) is 5.56 Å². The number of non-ortho nitro benzene ring substituents is 1. The molecule has 144 valence electrons. The second kappa shape index (κ2) is 7.45. The molecule has 0 aromatic heterocycles. The van der Waals surface area contributed by atoms with E-state index in [4.69, 9.17) is 4.74 Å². The van der Waals surface area contributed by atoms with E-state index in [1.54, 1.807) is 0 Å². The number of nitro benzene ring substituents is 1. The molecule has 1 aromatic carbocycles. The van der Waals surface area contributed by atoms with Gasteiger partial charge in [0.2, 0.25) is 0 Å². The number of carbonyl (C=O) groups is 1. The Labute approximate surface area is 145 Å². The van der Waals surface area contributed by atoms with Gasteiger partial charge in [-0.15, -0.1) is 0 Å². The summed E-state index contributed by atoms with van der Waals surface area (Å²) in [5, 5.41) is 10.5. The zero-order valence-corrected chi connectivity index (χ0v) is 13.8. The third kappa shape index (κ3) is 4.82. The van der Waals surface area contributed by atoms with Gasteiger partial charge in [-0.05, 0) is 24.1 Å². The topological polar surface area (TPSA) is 116 Å². The number of ether oxygens (including phenoxy) is 1. The molecule has 1 aliphatic heterocycles. The van der Waals surface area contributed by atoms with E-state index in [1.165, 1.54) is 24.3 Å². The maximum Gasteiger partial charge on any atom is 0.523 e. The summed E-state index contributed by atoms with van der Waals surface area (Å²) in [4.78, 5) is 22.8. The standard InChI is InChI=1S/C13H13F3N2O7S/c14-13(15,16)26(22,23)25-11-5-6-17(7-11)12(19)24-8-9-1-3-10(4-2-9)18(20)21/h1-4,11H,5-8H2. The summed E-state index contributed by atoms with van der Waals surface area (Å²) < 4.78 is 67.7. The number of halogens is 3. The van der Waals surface area contributed by atoms with Crippen LogP contribution >= 0.6 is 0 Å². The minimum atomic E-state index is -5.73. The molecule has 1 fully saturated rings. The number of alkyl halides is 3. The molecule has 1 atom stereocenters. The predicted molar refractivity (Wildman–Crippen MR) is 79.3 cm³/mol. The Kier molecular flexibility index (Phi) is 5.71. The molecule has 0 aliphatic carbocycles. The van der Waals surface area contributed by atoms with Crippen molar-refractivity contribution in [3.05, 3.63) is 39.9 Å². The van der Waals surface area contributed by atoms with Crippen LogP contribution in [0.5, 0.6) is 0 Å². The highest BCUT2D eigenvalue weighted by Crippen LogP contribution is 2.28. The summed E-state index contributed by atoms with van der Waals surface area (Å²) in [5.41, 5.74) is -5.20.